The van der Waals surface area contributed by atoms with Crippen molar-refractivity contribution in [2.75, 3.05) is 13.1 Å². The second-order valence-corrected chi connectivity index (χ2v) is 6.99. The summed E-state index contributed by atoms with van der Waals surface area (Å²) in [5, 5.41) is 1.24. The van der Waals surface area contributed by atoms with E-state index in [-0.39, 0.29) is 0 Å². The molecule has 20 heavy (non-hydrogen) atoms. The van der Waals surface area contributed by atoms with Gasteiger partial charge >= 0.3 is 0 Å². The first-order valence-electron chi connectivity index (χ1n) is 7.50. The van der Waals surface area contributed by atoms with E-state index >= 15 is 0 Å². The summed E-state index contributed by atoms with van der Waals surface area (Å²) in [6, 6.07) is 9.15. The van der Waals surface area contributed by atoms with E-state index in [4.69, 9.17) is 10.7 Å². The molecule has 1 aliphatic heterocycles. The third-order valence-electron chi connectivity index (χ3n) is 4.53. The molecule has 0 spiro atoms. The van der Waals surface area contributed by atoms with Gasteiger partial charge in [-0.05, 0) is 57.8 Å². The Bertz CT molecular complexity index is 537. The fraction of sp³-hybridized carbons (Fsp3) is 0.562. The first-order chi connectivity index (χ1) is 9.65. The number of hydrogen-bond acceptors (Lipinski definition) is 4. The van der Waals surface area contributed by atoms with Gasteiger partial charge in [-0.15, -0.1) is 11.3 Å². The van der Waals surface area contributed by atoms with Crippen LogP contribution in [0.15, 0.2) is 24.3 Å². The van der Waals surface area contributed by atoms with Crippen molar-refractivity contribution in [1.82, 2.24) is 9.88 Å². The standard InChI is InChI=1S/C16H23N3S/c1-11(17)13-7-9-19(10-8-13)12(2)16-18-14-5-3-4-6-15(14)20-16/h3-6,11-13H,7-10,17H2,1-2H3. The maximum absolute atomic E-state index is 6.02. The highest BCUT2D eigenvalue weighted by atomic mass is 32.1. The molecule has 2 unspecified atom stereocenters. The highest BCUT2D eigenvalue weighted by Gasteiger charge is 2.26. The van der Waals surface area contributed by atoms with Crippen LogP contribution in [-0.4, -0.2) is 29.0 Å². The van der Waals surface area contributed by atoms with Crippen molar-refractivity contribution in [3.05, 3.63) is 29.3 Å². The number of fused-ring (bicyclic) bond motifs is 1. The minimum atomic E-state index is 0.329. The van der Waals surface area contributed by atoms with Crippen molar-refractivity contribution in [1.29, 1.82) is 0 Å². The van der Waals surface area contributed by atoms with Gasteiger partial charge in [0.25, 0.3) is 0 Å². The molecule has 1 aliphatic rings. The Labute approximate surface area is 124 Å². The molecule has 0 aliphatic carbocycles. The predicted octanol–water partition coefficient (Wildman–Crippen LogP) is 3.42. The fourth-order valence-corrected chi connectivity index (χ4v) is 4.11. The summed E-state index contributed by atoms with van der Waals surface area (Å²) in [7, 11) is 0. The summed E-state index contributed by atoms with van der Waals surface area (Å²) in [6.07, 6.45) is 2.43. The van der Waals surface area contributed by atoms with Gasteiger partial charge in [0, 0.05) is 6.04 Å². The molecule has 0 bridgehead atoms. The molecule has 2 atom stereocenters. The molecule has 1 aromatic carbocycles. The smallest absolute Gasteiger partial charge is 0.111 e. The lowest BCUT2D eigenvalue weighted by molar-refractivity contribution is 0.132. The van der Waals surface area contributed by atoms with Gasteiger partial charge in [-0.25, -0.2) is 4.98 Å². The Kier molecular flexibility index (Phi) is 4.06. The molecule has 4 heteroatoms. The maximum atomic E-state index is 6.02. The number of para-hydroxylation sites is 1. The van der Waals surface area contributed by atoms with Gasteiger partial charge in [0.15, 0.2) is 0 Å². The molecule has 0 saturated carbocycles. The third-order valence-corrected chi connectivity index (χ3v) is 5.74. The Balaban J connectivity index is 1.71. The van der Waals surface area contributed by atoms with Crippen LogP contribution in [0.25, 0.3) is 10.2 Å². The highest BCUT2D eigenvalue weighted by Crippen LogP contribution is 2.32. The number of nitrogens with zero attached hydrogens (tertiary/aromatic N) is 2. The molecule has 2 heterocycles. The summed E-state index contributed by atoms with van der Waals surface area (Å²) in [4.78, 5) is 7.35. The van der Waals surface area contributed by atoms with Crippen LogP contribution >= 0.6 is 11.3 Å². The van der Waals surface area contributed by atoms with Crippen LogP contribution in [-0.2, 0) is 0 Å². The van der Waals surface area contributed by atoms with E-state index in [0.29, 0.717) is 18.0 Å². The summed E-state index contributed by atoms with van der Waals surface area (Å²) in [5.74, 6) is 0.689. The molecule has 2 aromatic rings. The van der Waals surface area contributed by atoms with Crippen molar-refractivity contribution in [3.8, 4) is 0 Å². The molecule has 1 saturated heterocycles. The summed E-state index contributed by atoms with van der Waals surface area (Å²) in [5.41, 5.74) is 7.15. The van der Waals surface area contributed by atoms with Gasteiger partial charge < -0.3 is 5.73 Å². The Morgan fingerprint density at radius 1 is 1.25 bits per heavy atom. The Morgan fingerprint density at radius 2 is 1.95 bits per heavy atom. The topological polar surface area (TPSA) is 42.1 Å². The molecule has 3 rings (SSSR count). The minimum Gasteiger partial charge on any atom is -0.328 e. The molecular weight excluding hydrogens is 266 g/mol. The summed E-state index contributed by atoms with van der Waals surface area (Å²) >= 11 is 1.83. The second-order valence-electron chi connectivity index (χ2n) is 5.93. The number of rotatable bonds is 3. The zero-order chi connectivity index (χ0) is 14.1. The zero-order valence-electron chi connectivity index (χ0n) is 12.2. The van der Waals surface area contributed by atoms with Crippen LogP contribution in [0.3, 0.4) is 0 Å². The molecule has 2 N–H and O–H groups in total. The van der Waals surface area contributed by atoms with E-state index in [9.17, 15) is 0 Å². The average molecular weight is 289 g/mol. The van der Waals surface area contributed by atoms with Gasteiger partial charge in [-0.1, -0.05) is 12.1 Å². The first kappa shape index (κ1) is 14.0. The van der Waals surface area contributed by atoms with Crippen LogP contribution in [0, 0.1) is 5.92 Å². The number of thiazole rings is 1. The summed E-state index contributed by atoms with van der Waals surface area (Å²) in [6.45, 7) is 6.70. The van der Waals surface area contributed by atoms with Crippen molar-refractivity contribution < 1.29 is 0 Å². The van der Waals surface area contributed by atoms with Crippen LogP contribution in [0.1, 0.15) is 37.7 Å². The molecule has 3 nitrogen and oxygen atoms in total. The van der Waals surface area contributed by atoms with Crippen molar-refractivity contribution >= 4 is 21.6 Å². The Morgan fingerprint density at radius 3 is 2.60 bits per heavy atom. The quantitative estimate of drug-likeness (QED) is 0.941. The fourth-order valence-electron chi connectivity index (χ4n) is 3.06. The number of aromatic nitrogens is 1. The predicted molar refractivity (Wildman–Crippen MR) is 86.0 cm³/mol. The lowest BCUT2D eigenvalue weighted by Crippen LogP contribution is -2.40. The van der Waals surface area contributed by atoms with Gasteiger partial charge in [-0.3, -0.25) is 4.90 Å². The highest BCUT2D eigenvalue weighted by molar-refractivity contribution is 7.18. The third kappa shape index (κ3) is 2.73. The van der Waals surface area contributed by atoms with Crippen LogP contribution in [0.5, 0.6) is 0 Å². The number of benzene rings is 1. The van der Waals surface area contributed by atoms with Crippen LogP contribution in [0.4, 0.5) is 0 Å². The number of likely N-dealkylation sites (tertiary alicyclic amines) is 1. The van der Waals surface area contributed by atoms with Gasteiger partial charge in [0.1, 0.15) is 5.01 Å². The second kappa shape index (κ2) is 5.80. The van der Waals surface area contributed by atoms with E-state index < -0.39 is 0 Å². The van der Waals surface area contributed by atoms with Gasteiger partial charge in [-0.2, -0.15) is 0 Å². The molecule has 1 aromatic heterocycles. The van der Waals surface area contributed by atoms with Gasteiger partial charge in [0.05, 0.1) is 16.3 Å². The lowest BCUT2D eigenvalue weighted by atomic mass is 9.90. The zero-order valence-corrected chi connectivity index (χ0v) is 13.1. The monoisotopic (exact) mass is 289 g/mol. The molecule has 0 radical (unpaired) electrons. The molecule has 0 amide bonds. The molecule has 108 valence electrons. The van der Waals surface area contributed by atoms with E-state index in [1.54, 1.807) is 0 Å². The lowest BCUT2D eigenvalue weighted by Gasteiger charge is -2.36. The minimum absolute atomic E-state index is 0.329. The van der Waals surface area contributed by atoms with E-state index in [2.05, 4.69) is 43.0 Å². The van der Waals surface area contributed by atoms with E-state index in [0.717, 1.165) is 18.6 Å². The van der Waals surface area contributed by atoms with E-state index in [1.165, 1.54) is 22.5 Å². The normalized spacial score (nSPS) is 21.1. The van der Waals surface area contributed by atoms with Crippen LogP contribution < -0.4 is 5.73 Å². The largest absolute Gasteiger partial charge is 0.328 e. The average Bonchev–Trinajstić information content (AvgIpc) is 2.90. The molecule has 1 fully saturated rings. The number of nitrogens with two attached hydrogens (primary N) is 1. The molecular formula is C16H23N3S. The van der Waals surface area contributed by atoms with Crippen molar-refractivity contribution in [3.63, 3.8) is 0 Å². The maximum Gasteiger partial charge on any atom is 0.111 e. The number of piperidine rings is 1. The van der Waals surface area contributed by atoms with Crippen molar-refractivity contribution in [2.45, 2.75) is 38.8 Å². The SMILES string of the molecule is CC(N)C1CCN(C(C)c2nc3ccccc3s2)CC1. The number of hydrogen-bond donors (Lipinski definition) is 1. The van der Waals surface area contributed by atoms with E-state index in [1.807, 2.05) is 11.3 Å². The summed E-state index contributed by atoms with van der Waals surface area (Å²) < 4.78 is 1.29. The van der Waals surface area contributed by atoms with Crippen molar-refractivity contribution in [2.24, 2.45) is 11.7 Å². The first-order valence-corrected chi connectivity index (χ1v) is 8.32. The van der Waals surface area contributed by atoms with Crippen LogP contribution in [0.2, 0.25) is 0 Å². The van der Waals surface area contributed by atoms with Gasteiger partial charge in [0.2, 0.25) is 0 Å². The Hall–Kier alpha value is -0.970.